The normalized spacial score (nSPS) is 16.4. The van der Waals surface area contributed by atoms with Crippen LogP contribution >= 0.6 is 11.8 Å². The molecule has 2 rings (SSSR count). The van der Waals surface area contributed by atoms with E-state index in [1.54, 1.807) is 19.1 Å². The second-order valence-electron chi connectivity index (χ2n) is 5.59. The van der Waals surface area contributed by atoms with E-state index in [1.807, 2.05) is 0 Å². The number of carboxylic acid groups (broad SMARTS) is 1. The fourth-order valence-corrected chi connectivity index (χ4v) is 2.98. The Morgan fingerprint density at radius 1 is 1.39 bits per heavy atom. The summed E-state index contributed by atoms with van der Waals surface area (Å²) in [6.45, 7) is 1.68. The number of carbonyl (C=O) groups excluding carboxylic acids is 1. The number of hydrogen-bond donors (Lipinski definition) is 2. The van der Waals surface area contributed by atoms with Crippen LogP contribution in [-0.4, -0.2) is 33.2 Å². The number of amides is 1. The Morgan fingerprint density at radius 3 is 2.48 bits per heavy atom. The van der Waals surface area contributed by atoms with Crippen molar-refractivity contribution in [2.75, 3.05) is 0 Å². The number of thioether (sulfide) groups is 1. The van der Waals surface area contributed by atoms with Gasteiger partial charge in [0.2, 0.25) is 5.91 Å². The Kier molecular flexibility index (Phi) is 5.59. The zero-order chi connectivity index (χ0) is 17.0. The number of nitro benzene ring substituents is 1. The minimum absolute atomic E-state index is 0.0122. The fourth-order valence-electron chi connectivity index (χ4n) is 2.10. The van der Waals surface area contributed by atoms with Crippen LogP contribution < -0.4 is 5.32 Å². The first-order valence-corrected chi connectivity index (χ1v) is 8.19. The van der Waals surface area contributed by atoms with Crippen LogP contribution in [0.25, 0.3) is 0 Å². The molecular formula is C15H18N2O5S. The number of benzene rings is 1. The van der Waals surface area contributed by atoms with Gasteiger partial charge in [-0.3, -0.25) is 14.9 Å². The van der Waals surface area contributed by atoms with Gasteiger partial charge in [-0.25, -0.2) is 4.79 Å². The largest absolute Gasteiger partial charge is 0.480 e. The molecule has 0 spiro atoms. The highest BCUT2D eigenvalue weighted by atomic mass is 32.2. The summed E-state index contributed by atoms with van der Waals surface area (Å²) in [5.74, 6) is -0.965. The molecule has 1 saturated carbocycles. The van der Waals surface area contributed by atoms with E-state index in [-0.39, 0.29) is 11.6 Å². The number of hydrogen-bond acceptors (Lipinski definition) is 5. The molecule has 2 unspecified atom stereocenters. The van der Waals surface area contributed by atoms with Gasteiger partial charge in [-0.1, -0.05) is 12.8 Å². The van der Waals surface area contributed by atoms with Crippen LogP contribution in [0.2, 0.25) is 0 Å². The molecule has 0 heterocycles. The molecule has 23 heavy (non-hydrogen) atoms. The number of aliphatic carboxylic acids is 1. The third-order valence-electron chi connectivity index (χ3n) is 3.61. The third kappa shape index (κ3) is 5.24. The van der Waals surface area contributed by atoms with Crippen LogP contribution in [0.15, 0.2) is 29.2 Å². The molecular weight excluding hydrogens is 320 g/mol. The number of nitrogens with one attached hydrogen (secondary N) is 1. The molecule has 1 aliphatic rings. The van der Waals surface area contributed by atoms with Crippen LogP contribution in [0.3, 0.4) is 0 Å². The smallest absolute Gasteiger partial charge is 0.326 e. The van der Waals surface area contributed by atoms with Crippen molar-refractivity contribution in [3.05, 3.63) is 34.4 Å². The zero-order valence-corrected chi connectivity index (χ0v) is 13.4. The molecule has 2 atom stereocenters. The van der Waals surface area contributed by atoms with Gasteiger partial charge in [-0.05, 0) is 31.4 Å². The van der Waals surface area contributed by atoms with E-state index in [0.29, 0.717) is 17.2 Å². The van der Waals surface area contributed by atoms with Gasteiger partial charge in [0.1, 0.15) is 6.04 Å². The number of non-ortho nitro benzene ring substituents is 1. The van der Waals surface area contributed by atoms with Crippen molar-refractivity contribution in [1.82, 2.24) is 5.32 Å². The molecule has 0 saturated heterocycles. The summed E-state index contributed by atoms with van der Waals surface area (Å²) in [6, 6.07) is 5.05. The van der Waals surface area contributed by atoms with E-state index < -0.39 is 22.2 Å². The number of nitrogens with zero attached hydrogens (tertiary/aromatic N) is 1. The highest BCUT2D eigenvalue weighted by Crippen LogP contribution is 2.33. The lowest BCUT2D eigenvalue weighted by molar-refractivity contribution is -0.384. The minimum Gasteiger partial charge on any atom is -0.480 e. The van der Waals surface area contributed by atoms with E-state index in [9.17, 15) is 19.7 Å². The maximum Gasteiger partial charge on any atom is 0.326 e. The molecule has 1 aliphatic carbocycles. The zero-order valence-electron chi connectivity index (χ0n) is 12.6. The molecule has 1 fully saturated rings. The van der Waals surface area contributed by atoms with Crippen LogP contribution in [0.1, 0.15) is 26.2 Å². The van der Waals surface area contributed by atoms with Crippen molar-refractivity contribution in [1.29, 1.82) is 0 Å². The van der Waals surface area contributed by atoms with Crippen molar-refractivity contribution in [3.8, 4) is 0 Å². The predicted molar refractivity (Wildman–Crippen MR) is 85.3 cm³/mol. The number of carboxylic acids is 1. The van der Waals surface area contributed by atoms with Gasteiger partial charge in [0, 0.05) is 17.0 Å². The van der Waals surface area contributed by atoms with Crippen LogP contribution in [0, 0.1) is 16.0 Å². The molecule has 1 amide bonds. The standard InChI is InChI=1S/C15H18N2O5S/c1-9(23-12-6-4-11(5-7-12)17(21)22)14(18)16-13(15(19)20)8-10-2-3-10/h4-7,9-10,13H,2-3,8H2,1H3,(H,16,18)(H,19,20). The Labute approximate surface area is 137 Å². The molecule has 7 nitrogen and oxygen atoms in total. The lowest BCUT2D eigenvalue weighted by Crippen LogP contribution is -2.44. The Balaban J connectivity index is 1.90. The highest BCUT2D eigenvalue weighted by Gasteiger charge is 2.31. The van der Waals surface area contributed by atoms with Crippen molar-refractivity contribution in [2.45, 2.75) is 42.4 Å². The summed E-state index contributed by atoms with van der Waals surface area (Å²) >= 11 is 1.23. The Hall–Kier alpha value is -2.09. The molecule has 1 aromatic carbocycles. The molecule has 1 aromatic rings. The van der Waals surface area contributed by atoms with Gasteiger partial charge in [-0.15, -0.1) is 11.8 Å². The van der Waals surface area contributed by atoms with Crippen LogP contribution in [0.4, 0.5) is 5.69 Å². The first-order valence-electron chi connectivity index (χ1n) is 7.31. The second kappa shape index (κ2) is 7.45. The third-order valence-corrected chi connectivity index (χ3v) is 4.72. The lowest BCUT2D eigenvalue weighted by atomic mass is 10.1. The summed E-state index contributed by atoms with van der Waals surface area (Å²) in [5, 5.41) is 21.8. The van der Waals surface area contributed by atoms with E-state index in [2.05, 4.69) is 5.32 Å². The molecule has 2 N–H and O–H groups in total. The Morgan fingerprint density at radius 2 is 2.00 bits per heavy atom. The molecule has 0 bridgehead atoms. The quantitative estimate of drug-likeness (QED) is 0.428. The summed E-state index contributed by atoms with van der Waals surface area (Å²) in [6.07, 6.45) is 2.51. The topological polar surface area (TPSA) is 110 Å². The Bertz CT molecular complexity index is 600. The van der Waals surface area contributed by atoms with Gasteiger partial charge >= 0.3 is 5.97 Å². The number of nitro groups is 1. The van der Waals surface area contributed by atoms with Crippen molar-refractivity contribution in [2.24, 2.45) is 5.92 Å². The summed E-state index contributed by atoms with van der Waals surface area (Å²) in [4.78, 5) is 34.2. The molecule has 0 aromatic heterocycles. The average molecular weight is 338 g/mol. The van der Waals surface area contributed by atoms with Crippen LogP contribution in [0.5, 0.6) is 0 Å². The summed E-state index contributed by atoms with van der Waals surface area (Å²) in [7, 11) is 0. The minimum atomic E-state index is -1.02. The van der Waals surface area contributed by atoms with E-state index >= 15 is 0 Å². The second-order valence-corrected chi connectivity index (χ2v) is 7.00. The van der Waals surface area contributed by atoms with E-state index in [1.165, 1.54) is 23.9 Å². The first-order chi connectivity index (χ1) is 10.9. The van der Waals surface area contributed by atoms with Gasteiger partial charge in [0.15, 0.2) is 0 Å². The molecule has 0 radical (unpaired) electrons. The van der Waals surface area contributed by atoms with Gasteiger partial charge < -0.3 is 10.4 Å². The van der Waals surface area contributed by atoms with Crippen LogP contribution in [-0.2, 0) is 9.59 Å². The summed E-state index contributed by atoms with van der Waals surface area (Å²) < 4.78 is 0. The first kappa shape index (κ1) is 17.3. The van der Waals surface area contributed by atoms with Crippen molar-refractivity contribution >= 4 is 29.3 Å². The maximum absolute atomic E-state index is 12.1. The number of carbonyl (C=O) groups is 2. The van der Waals surface area contributed by atoms with Gasteiger partial charge in [0.25, 0.3) is 5.69 Å². The highest BCUT2D eigenvalue weighted by molar-refractivity contribution is 8.00. The molecule has 124 valence electrons. The van der Waals surface area contributed by atoms with Gasteiger partial charge in [0.05, 0.1) is 10.2 Å². The monoisotopic (exact) mass is 338 g/mol. The maximum atomic E-state index is 12.1. The SMILES string of the molecule is CC(Sc1ccc([N+](=O)[O-])cc1)C(=O)NC(CC1CC1)C(=O)O. The summed E-state index contributed by atoms with van der Waals surface area (Å²) in [5.41, 5.74) is -0.0122. The van der Waals surface area contributed by atoms with E-state index in [0.717, 1.165) is 12.8 Å². The predicted octanol–water partition coefficient (Wildman–Crippen LogP) is 2.44. The lowest BCUT2D eigenvalue weighted by Gasteiger charge is -2.17. The average Bonchev–Trinajstić information content (AvgIpc) is 3.30. The van der Waals surface area contributed by atoms with Crippen molar-refractivity contribution in [3.63, 3.8) is 0 Å². The van der Waals surface area contributed by atoms with Gasteiger partial charge in [-0.2, -0.15) is 0 Å². The fraction of sp³-hybridized carbons (Fsp3) is 0.467. The number of rotatable bonds is 8. The molecule has 0 aliphatic heterocycles. The molecule has 8 heteroatoms. The van der Waals surface area contributed by atoms with Crippen molar-refractivity contribution < 1.29 is 19.6 Å². The van der Waals surface area contributed by atoms with E-state index in [4.69, 9.17) is 5.11 Å².